The summed E-state index contributed by atoms with van der Waals surface area (Å²) in [7, 11) is 4.02. The molecule has 1 aromatic carbocycles. The Balaban J connectivity index is 2.10. The summed E-state index contributed by atoms with van der Waals surface area (Å²) in [5, 5.41) is 3.56. The summed E-state index contributed by atoms with van der Waals surface area (Å²) in [5.41, 5.74) is 2.05. The molecule has 6 heteroatoms. The number of fused-ring (bicyclic) bond motifs is 1. The minimum absolute atomic E-state index is 0.0182. The molecule has 1 aromatic heterocycles. The lowest BCUT2D eigenvalue weighted by Gasteiger charge is -2.11. The molecule has 0 spiro atoms. The fourth-order valence-electron chi connectivity index (χ4n) is 1.94. The molecule has 4 nitrogen and oxygen atoms in total. The Hall–Kier alpha value is -1.14. The highest BCUT2D eigenvalue weighted by molar-refractivity contribution is 9.10. The zero-order valence-electron chi connectivity index (χ0n) is 12.5. The number of rotatable bonds is 6. The van der Waals surface area contributed by atoms with E-state index in [4.69, 9.17) is 0 Å². The summed E-state index contributed by atoms with van der Waals surface area (Å²) in [5.74, 6) is -0.0182. The van der Waals surface area contributed by atoms with Crippen LogP contribution in [0.1, 0.15) is 26.2 Å². The van der Waals surface area contributed by atoms with Gasteiger partial charge in [-0.05, 0) is 24.6 Å². The van der Waals surface area contributed by atoms with Crippen molar-refractivity contribution in [1.82, 2.24) is 4.98 Å². The third-order valence-electron chi connectivity index (χ3n) is 3.21. The maximum Gasteiger partial charge on any atom is 0.239 e. The number of amides is 1. The number of carbonyl (C=O) groups excluding carboxylic acids is 1. The number of alkyl halides is 1. The maximum atomic E-state index is 12.1. The van der Waals surface area contributed by atoms with Crippen molar-refractivity contribution in [3.8, 4) is 0 Å². The lowest BCUT2D eigenvalue weighted by atomic mass is 10.2. The number of hydrogen-bond acceptors (Lipinski definition) is 4. The van der Waals surface area contributed by atoms with Gasteiger partial charge in [-0.2, -0.15) is 0 Å². The molecule has 21 heavy (non-hydrogen) atoms. The largest absolute Gasteiger partial charge is 0.378 e. The van der Waals surface area contributed by atoms with Crippen molar-refractivity contribution in [3.63, 3.8) is 0 Å². The van der Waals surface area contributed by atoms with Crippen molar-refractivity contribution in [2.24, 2.45) is 0 Å². The van der Waals surface area contributed by atoms with E-state index < -0.39 is 0 Å². The zero-order chi connectivity index (χ0) is 15.4. The molecule has 0 fully saturated rings. The van der Waals surface area contributed by atoms with Crippen LogP contribution in [0.5, 0.6) is 0 Å². The van der Waals surface area contributed by atoms with E-state index in [1.54, 1.807) is 0 Å². The number of nitrogens with zero attached hydrogens (tertiary/aromatic N) is 2. The number of carbonyl (C=O) groups is 1. The van der Waals surface area contributed by atoms with Crippen LogP contribution >= 0.6 is 27.3 Å². The van der Waals surface area contributed by atoms with Crippen LogP contribution in [0.15, 0.2) is 18.2 Å². The lowest BCUT2D eigenvalue weighted by Crippen LogP contribution is -2.22. The summed E-state index contributed by atoms with van der Waals surface area (Å²) in [4.78, 5) is 18.4. The van der Waals surface area contributed by atoms with Gasteiger partial charge in [0.1, 0.15) is 0 Å². The van der Waals surface area contributed by atoms with E-state index in [2.05, 4.69) is 44.1 Å². The first-order valence-corrected chi connectivity index (χ1v) is 8.77. The van der Waals surface area contributed by atoms with Crippen molar-refractivity contribution >= 4 is 54.2 Å². The number of unbranched alkanes of at least 4 members (excludes halogenated alkanes) is 1. The predicted octanol–water partition coefficient (Wildman–Crippen LogP) is 4.25. The molecule has 0 saturated heterocycles. The van der Waals surface area contributed by atoms with Crippen LogP contribution in [0.25, 0.3) is 10.2 Å². The second-order valence-corrected chi connectivity index (χ2v) is 7.30. The van der Waals surface area contributed by atoms with Crippen LogP contribution < -0.4 is 10.2 Å². The molecule has 0 aliphatic carbocycles. The first-order chi connectivity index (χ1) is 10.0. The number of anilines is 2. The Morgan fingerprint density at radius 1 is 1.48 bits per heavy atom. The number of halogens is 1. The third kappa shape index (κ3) is 4.17. The van der Waals surface area contributed by atoms with Gasteiger partial charge in [0.2, 0.25) is 5.91 Å². The van der Waals surface area contributed by atoms with Gasteiger partial charge in [0.05, 0.1) is 15.0 Å². The van der Waals surface area contributed by atoms with E-state index in [1.807, 2.05) is 26.2 Å². The van der Waals surface area contributed by atoms with Gasteiger partial charge in [0.15, 0.2) is 5.13 Å². The van der Waals surface area contributed by atoms with Crippen LogP contribution in [0.2, 0.25) is 0 Å². The fraction of sp³-hybridized carbons (Fsp3) is 0.467. The Labute approximate surface area is 137 Å². The van der Waals surface area contributed by atoms with E-state index in [0.717, 1.165) is 35.2 Å². The average molecular weight is 370 g/mol. The van der Waals surface area contributed by atoms with E-state index in [-0.39, 0.29) is 10.7 Å². The molecule has 0 aliphatic heterocycles. The summed E-state index contributed by atoms with van der Waals surface area (Å²) in [6.07, 6.45) is 2.97. The predicted molar refractivity (Wildman–Crippen MR) is 94.8 cm³/mol. The van der Waals surface area contributed by atoms with Gasteiger partial charge in [-0.1, -0.05) is 47.0 Å². The second kappa shape index (κ2) is 7.22. The average Bonchev–Trinajstić information content (AvgIpc) is 2.85. The van der Waals surface area contributed by atoms with Crippen molar-refractivity contribution < 1.29 is 4.79 Å². The van der Waals surface area contributed by atoms with Gasteiger partial charge in [-0.25, -0.2) is 4.98 Å². The molecule has 114 valence electrons. The van der Waals surface area contributed by atoms with Crippen LogP contribution in [-0.2, 0) is 4.79 Å². The molecule has 1 atom stereocenters. The number of hydrogen-bond donors (Lipinski definition) is 1. The second-order valence-electron chi connectivity index (χ2n) is 5.16. The molecule has 0 radical (unpaired) electrons. The molecule has 1 heterocycles. The van der Waals surface area contributed by atoms with Crippen molar-refractivity contribution in [2.75, 3.05) is 24.3 Å². The summed E-state index contributed by atoms with van der Waals surface area (Å²) in [6.45, 7) is 2.12. The molecule has 0 aliphatic rings. The van der Waals surface area contributed by atoms with E-state index in [1.165, 1.54) is 11.3 Å². The molecule has 1 N–H and O–H groups in total. The van der Waals surface area contributed by atoms with Crippen molar-refractivity contribution in [1.29, 1.82) is 0 Å². The standard InChI is InChI=1S/C15H20BrN3OS/c1-4-5-6-11(16)14(20)18-15-17-12-8-7-10(19(2)3)9-13(12)21-15/h7-9,11H,4-6H2,1-3H3,(H,17,18,20)/t11-/m0/s1. The molecular weight excluding hydrogens is 350 g/mol. The number of aromatic nitrogens is 1. The topological polar surface area (TPSA) is 45.2 Å². The third-order valence-corrected chi connectivity index (χ3v) is 5.02. The summed E-state index contributed by atoms with van der Waals surface area (Å²) in [6, 6.07) is 6.10. The highest BCUT2D eigenvalue weighted by atomic mass is 79.9. The zero-order valence-corrected chi connectivity index (χ0v) is 14.9. The fourth-order valence-corrected chi connectivity index (χ4v) is 3.28. The van der Waals surface area contributed by atoms with Crippen LogP contribution in [-0.4, -0.2) is 29.8 Å². The summed E-state index contributed by atoms with van der Waals surface area (Å²) < 4.78 is 1.08. The van der Waals surface area contributed by atoms with E-state index >= 15 is 0 Å². The Morgan fingerprint density at radius 2 is 2.24 bits per heavy atom. The van der Waals surface area contributed by atoms with Gasteiger partial charge >= 0.3 is 0 Å². The number of nitrogens with one attached hydrogen (secondary N) is 1. The number of thiazole rings is 1. The Morgan fingerprint density at radius 3 is 2.90 bits per heavy atom. The van der Waals surface area contributed by atoms with Gasteiger partial charge in [-0.15, -0.1) is 0 Å². The monoisotopic (exact) mass is 369 g/mol. The van der Waals surface area contributed by atoms with Gasteiger partial charge in [0.25, 0.3) is 0 Å². The minimum atomic E-state index is -0.151. The molecule has 0 unspecified atom stereocenters. The number of benzene rings is 1. The smallest absolute Gasteiger partial charge is 0.239 e. The van der Waals surface area contributed by atoms with Crippen LogP contribution in [0, 0.1) is 0 Å². The first-order valence-electron chi connectivity index (χ1n) is 7.04. The van der Waals surface area contributed by atoms with Gasteiger partial charge in [-0.3, -0.25) is 4.79 Å². The summed E-state index contributed by atoms with van der Waals surface area (Å²) >= 11 is 4.94. The highest BCUT2D eigenvalue weighted by Crippen LogP contribution is 2.29. The van der Waals surface area contributed by atoms with Gasteiger partial charge in [0, 0.05) is 19.8 Å². The lowest BCUT2D eigenvalue weighted by molar-refractivity contribution is -0.115. The Bertz CT molecular complexity index is 626. The molecule has 1 amide bonds. The molecule has 2 rings (SSSR count). The quantitative estimate of drug-likeness (QED) is 0.773. The van der Waals surface area contributed by atoms with Crippen LogP contribution in [0.3, 0.4) is 0 Å². The molecule has 2 aromatic rings. The van der Waals surface area contributed by atoms with E-state index in [9.17, 15) is 4.79 Å². The van der Waals surface area contributed by atoms with E-state index in [0.29, 0.717) is 5.13 Å². The first kappa shape index (κ1) is 16.2. The molecule has 0 saturated carbocycles. The van der Waals surface area contributed by atoms with Crippen LogP contribution in [0.4, 0.5) is 10.8 Å². The maximum absolute atomic E-state index is 12.1. The van der Waals surface area contributed by atoms with Crippen molar-refractivity contribution in [2.45, 2.75) is 31.0 Å². The Kier molecular flexibility index (Phi) is 5.58. The van der Waals surface area contributed by atoms with Gasteiger partial charge < -0.3 is 10.2 Å². The SMILES string of the molecule is CCCC[C@H](Br)C(=O)Nc1nc2ccc(N(C)C)cc2s1. The molecular formula is C15H20BrN3OS. The minimum Gasteiger partial charge on any atom is -0.378 e. The van der Waals surface area contributed by atoms with Crippen molar-refractivity contribution in [3.05, 3.63) is 18.2 Å². The molecule has 0 bridgehead atoms. The highest BCUT2D eigenvalue weighted by Gasteiger charge is 2.16. The normalized spacial score (nSPS) is 12.4.